The summed E-state index contributed by atoms with van der Waals surface area (Å²) in [4.78, 5) is 14.5. The highest BCUT2D eigenvalue weighted by Crippen LogP contribution is 2.33. The average molecular weight is 441 g/mol. The number of nitrogens with zero attached hydrogens (tertiary/aromatic N) is 1. The molecule has 31 heavy (non-hydrogen) atoms. The fourth-order valence-corrected chi connectivity index (χ4v) is 4.70. The van der Waals surface area contributed by atoms with Crippen molar-refractivity contribution in [2.75, 3.05) is 22.8 Å². The maximum Gasteiger partial charge on any atom is 0.293 e. The van der Waals surface area contributed by atoms with E-state index in [4.69, 9.17) is 9.15 Å². The highest BCUT2D eigenvalue weighted by atomic mass is 32.2. The molecule has 0 spiro atoms. The number of carbonyl (C=O) groups excluding carboxylic acids is 1. The Morgan fingerprint density at radius 2 is 2.03 bits per heavy atom. The number of rotatable bonds is 7. The van der Waals surface area contributed by atoms with Gasteiger partial charge >= 0.3 is 0 Å². The van der Waals surface area contributed by atoms with Gasteiger partial charge in [-0.1, -0.05) is 13.0 Å². The minimum absolute atomic E-state index is 0.151. The minimum atomic E-state index is -3.80. The Kier molecular flexibility index (Phi) is 5.73. The second-order valence-electron chi connectivity index (χ2n) is 7.41. The van der Waals surface area contributed by atoms with E-state index in [0.717, 1.165) is 17.5 Å². The molecule has 1 N–H and O–H groups in total. The SMILES string of the molecule is CCCOc1ccc(S(=O)(=O)Nc2ccc3c(c2)N(C(=O)c2ccco2)CC3)cc1C. The molecule has 0 unspecified atom stereocenters. The second-order valence-corrected chi connectivity index (χ2v) is 9.09. The van der Waals surface area contributed by atoms with Crippen molar-refractivity contribution >= 4 is 27.3 Å². The van der Waals surface area contributed by atoms with E-state index in [0.29, 0.717) is 36.7 Å². The number of carbonyl (C=O) groups is 1. The summed E-state index contributed by atoms with van der Waals surface area (Å²) < 4.78 is 39.3. The zero-order valence-electron chi connectivity index (χ0n) is 17.4. The van der Waals surface area contributed by atoms with Crippen LogP contribution in [0.25, 0.3) is 0 Å². The Bertz CT molecular complexity index is 1200. The topological polar surface area (TPSA) is 88.9 Å². The van der Waals surface area contributed by atoms with Gasteiger partial charge in [0.15, 0.2) is 5.76 Å². The van der Waals surface area contributed by atoms with Gasteiger partial charge in [0.2, 0.25) is 0 Å². The van der Waals surface area contributed by atoms with E-state index in [2.05, 4.69) is 4.72 Å². The van der Waals surface area contributed by atoms with Crippen molar-refractivity contribution in [1.29, 1.82) is 0 Å². The van der Waals surface area contributed by atoms with Crippen LogP contribution in [0, 0.1) is 6.92 Å². The molecular formula is C23H24N2O5S. The highest BCUT2D eigenvalue weighted by molar-refractivity contribution is 7.92. The molecule has 162 valence electrons. The van der Waals surface area contributed by atoms with Crippen LogP contribution >= 0.6 is 0 Å². The summed E-state index contributed by atoms with van der Waals surface area (Å²) in [6, 6.07) is 13.3. The van der Waals surface area contributed by atoms with E-state index in [-0.39, 0.29) is 16.6 Å². The molecule has 0 radical (unpaired) electrons. The normalized spacial score (nSPS) is 13.2. The lowest BCUT2D eigenvalue weighted by Crippen LogP contribution is -2.28. The zero-order valence-corrected chi connectivity index (χ0v) is 18.2. The number of hydrogen-bond acceptors (Lipinski definition) is 5. The number of sulfonamides is 1. The van der Waals surface area contributed by atoms with Crippen LogP contribution in [-0.2, 0) is 16.4 Å². The third-order valence-corrected chi connectivity index (χ3v) is 6.51. The van der Waals surface area contributed by atoms with Crippen molar-refractivity contribution in [2.45, 2.75) is 31.6 Å². The Hall–Kier alpha value is -3.26. The summed E-state index contributed by atoms with van der Waals surface area (Å²) in [5.41, 5.74) is 2.81. The van der Waals surface area contributed by atoms with Crippen molar-refractivity contribution in [3.8, 4) is 5.75 Å². The maximum absolute atomic E-state index is 12.9. The van der Waals surface area contributed by atoms with Crippen LogP contribution in [0.15, 0.2) is 64.1 Å². The van der Waals surface area contributed by atoms with Crippen LogP contribution < -0.4 is 14.4 Å². The van der Waals surface area contributed by atoms with Gasteiger partial charge in [-0.25, -0.2) is 8.42 Å². The molecule has 0 atom stereocenters. The highest BCUT2D eigenvalue weighted by Gasteiger charge is 2.28. The van der Waals surface area contributed by atoms with Gasteiger partial charge in [0.25, 0.3) is 15.9 Å². The third kappa shape index (κ3) is 4.29. The lowest BCUT2D eigenvalue weighted by Gasteiger charge is -2.17. The Morgan fingerprint density at radius 1 is 1.19 bits per heavy atom. The summed E-state index contributed by atoms with van der Waals surface area (Å²) in [6.07, 6.45) is 3.03. The molecule has 3 aromatic rings. The number of furan rings is 1. The Morgan fingerprint density at radius 3 is 2.74 bits per heavy atom. The van der Waals surface area contributed by atoms with E-state index in [9.17, 15) is 13.2 Å². The average Bonchev–Trinajstić information content (AvgIpc) is 3.42. The van der Waals surface area contributed by atoms with E-state index >= 15 is 0 Å². The molecule has 2 heterocycles. The summed E-state index contributed by atoms with van der Waals surface area (Å²) in [7, 11) is -3.80. The predicted molar refractivity (Wildman–Crippen MR) is 118 cm³/mol. The van der Waals surface area contributed by atoms with Crippen LogP contribution in [0.1, 0.15) is 35.0 Å². The molecule has 1 aliphatic rings. The van der Waals surface area contributed by atoms with Crippen molar-refractivity contribution in [2.24, 2.45) is 0 Å². The first-order chi connectivity index (χ1) is 14.9. The van der Waals surface area contributed by atoms with Gasteiger partial charge in [-0.3, -0.25) is 9.52 Å². The molecule has 0 aliphatic carbocycles. The molecule has 0 saturated heterocycles. The molecule has 0 bridgehead atoms. The van der Waals surface area contributed by atoms with Crippen LogP contribution in [0.3, 0.4) is 0 Å². The summed E-state index contributed by atoms with van der Waals surface area (Å²) in [6.45, 7) is 4.92. The van der Waals surface area contributed by atoms with Crippen molar-refractivity contribution in [1.82, 2.24) is 0 Å². The van der Waals surface area contributed by atoms with Crippen molar-refractivity contribution in [3.63, 3.8) is 0 Å². The molecule has 7 nitrogen and oxygen atoms in total. The van der Waals surface area contributed by atoms with E-state index < -0.39 is 10.0 Å². The lowest BCUT2D eigenvalue weighted by atomic mass is 10.1. The number of fused-ring (bicyclic) bond motifs is 1. The summed E-state index contributed by atoms with van der Waals surface area (Å²) in [5.74, 6) is 0.673. The number of benzene rings is 2. The molecule has 2 aromatic carbocycles. The number of amides is 1. The lowest BCUT2D eigenvalue weighted by molar-refractivity contribution is 0.0963. The predicted octanol–water partition coefficient (Wildman–Crippen LogP) is 4.38. The van der Waals surface area contributed by atoms with Crippen LogP contribution in [0.5, 0.6) is 5.75 Å². The minimum Gasteiger partial charge on any atom is -0.493 e. The Balaban J connectivity index is 1.57. The van der Waals surface area contributed by atoms with Crippen LogP contribution in [-0.4, -0.2) is 27.5 Å². The summed E-state index contributed by atoms with van der Waals surface area (Å²) in [5, 5.41) is 0. The molecule has 0 fully saturated rings. The second kappa shape index (κ2) is 8.47. The molecule has 1 aromatic heterocycles. The van der Waals surface area contributed by atoms with Crippen molar-refractivity contribution in [3.05, 3.63) is 71.7 Å². The fourth-order valence-electron chi connectivity index (χ4n) is 3.56. The van der Waals surface area contributed by atoms with Gasteiger partial charge in [0.1, 0.15) is 5.75 Å². The Labute approximate surface area is 181 Å². The maximum atomic E-state index is 12.9. The van der Waals surface area contributed by atoms with E-state index in [1.54, 1.807) is 41.3 Å². The molecule has 0 saturated carbocycles. The number of ether oxygens (including phenoxy) is 1. The van der Waals surface area contributed by atoms with Gasteiger partial charge in [-0.2, -0.15) is 0 Å². The largest absolute Gasteiger partial charge is 0.493 e. The van der Waals surface area contributed by atoms with Crippen LogP contribution in [0.4, 0.5) is 11.4 Å². The monoisotopic (exact) mass is 440 g/mol. The number of aryl methyl sites for hydroxylation is 1. The fraction of sp³-hybridized carbons (Fsp3) is 0.261. The smallest absolute Gasteiger partial charge is 0.293 e. The van der Waals surface area contributed by atoms with Gasteiger partial charge in [-0.15, -0.1) is 0 Å². The third-order valence-electron chi connectivity index (χ3n) is 5.13. The number of hydrogen-bond donors (Lipinski definition) is 1. The summed E-state index contributed by atoms with van der Waals surface area (Å²) >= 11 is 0. The van der Waals surface area contributed by atoms with Gasteiger partial charge in [0, 0.05) is 12.2 Å². The first-order valence-electron chi connectivity index (χ1n) is 10.1. The molecular weight excluding hydrogens is 416 g/mol. The van der Waals surface area contributed by atoms with Gasteiger partial charge < -0.3 is 14.1 Å². The first kappa shape index (κ1) is 21.0. The first-order valence-corrected chi connectivity index (χ1v) is 11.6. The number of anilines is 2. The molecule has 8 heteroatoms. The number of nitrogens with one attached hydrogen (secondary N) is 1. The van der Waals surface area contributed by atoms with Crippen molar-refractivity contribution < 1.29 is 22.4 Å². The standard InChI is InChI=1S/C23H24N2O5S/c1-3-12-29-21-9-8-19(14-16(21)2)31(27,28)24-18-7-6-17-10-11-25(20(17)15-18)23(26)22-5-4-13-30-22/h4-9,13-15,24H,3,10-12H2,1-2H3. The van der Waals surface area contributed by atoms with Gasteiger partial charge in [-0.05, 0) is 73.4 Å². The van der Waals surface area contributed by atoms with Gasteiger partial charge in [0.05, 0.1) is 23.5 Å². The molecule has 4 rings (SSSR count). The van der Waals surface area contributed by atoms with E-state index in [1.165, 1.54) is 12.3 Å². The van der Waals surface area contributed by atoms with Crippen LogP contribution in [0.2, 0.25) is 0 Å². The molecule has 1 amide bonds. The molecule has 1 aliphatic heterocycles. The van der Waals surface area contributed by atoms with E-state index in [1.807, 2.05) is 19.9 Å². The zero-order chi connectivity index (χ0) is 22.0. The quantitative estimate of drug-likeness (QED) is 0.589.